The van der Waals surface area contributed by atoms with Crippen molar-refractivity contribution < 1.29 is 14.7 Å². The van der Waals surface area contributed by atoms with E-state index in [2.05, 4.69) is 22.0 Å². The summed E-state index contributed by atoms with van der Waals surface area (Å²) in [5.41, 5.74) is 1.90. The Morgan fingerprint density at radius 2 is 1.65 bits per heavy atom. The molecule has 2 atom stereocenters. The van der Waals surface area contributed by atoms with Gasteiger partial charge in [-0.3, -0.25) is 9.59 Å². The maximum atomic E-state index is 12.5. The summed E-state index contributed by atoms with van der Waals surface area (Å²) in [5.74, 6) is -2.01. The monoisotopic (exact) mass is 359 g/mol. The summed E-state index contributed by atoms with van der Waals surface area (Å²) in [6, 6.07) is 7.90. The second-order valence-electron chi connectivity index (χ2n) is 7.29. The number of aliphatic carboxylic acids is 1. The second-order valence-corrected chi connectivity index (χ2v) is 7.29. The van der Waals surface area contributed by atoms with Crippen LogP contribution in [0.5, 0.6) is 0 Å². The molecule has 1 aliphatic carbocycles. The number of hydrogen-bond acceptors (Lipinski definition) is 4. The maximum absolute atomic E-state index is 12.5. The summed E-state index contributed by atoms with van der Waals surface area (Å²) in [5, 5.41) is 12.3. The molecular weight excluding hydrogens is 330 g/mol. The van der Waals surface area contributed by atoms with Crippen LogP contribution in [0, 0.1) is 11.8 Å². The van der Waals surface area contributed by atoms with E-state index in [0.29, 0.717) is 12.8 Å². The third-order valence-corrected chi connectivity index (χ3v) is 5.74. The highest BCUT2D eigenvalue weighted by molar-refractivity contribution is 5.95. The molecule has 1 saturated heterocycles. The number of carboxylic acids is 1. The van der Waals surface area contributed by atoms with Crippen LogP contribution >= 0.6 is 0 Å². The molecule has 142 valence electrons. The van der Waals surface area contributed by atoms with Crippen molar-refractivity contribution in [2.24, 2.45) is 11.8 Å². The second kappa shape index (κ2) is 8.54. The molecule has 1 saturated carbocycles. The number of piperazine rings is 1. The van der Waals surface area contributed by atoms with Gasteiger partial charge in [-0.25, -0.2) is 0 Å². The van der Waals surface area contributed by atoms with Gasteiger partial charge in [0.15, 0.2) is 0 Å². The minimum atomic E-state index is -0.855. The first-order valence-electron chi connectivity index (χ1n) is 9.69. The van der Waals surface area contributed by atoms with Gasteiger partial charge in [0.1, 0.15) is 0 Å². The van der Waals surface area contributed by atoms with E-state index in [1.54, 1.807) is 0 Å². The number of amides is 1. The van der Waals surface area contributed by atoms with E-state index in [4.69, 9.17) is 0 Å². The maximum Gasteiger partial charge on any atom is 0.307 e. The molecule has 3 rings (SSSR count). The molecule has 2 aliphatic rings. The molecule has 0 radical (unpaired) electrons. The van der Waals surface area contributed by atoms with Crippen molar-refractivity contribution >= 4 is 23.3 Å². The summed E-state index contributed by atoms with van der Waals surface area (Å²) in [6.07, 6.45) is 3.06. The third kappa shape index (κ3) is 4.36. The zero-order chi connectivity index (χ0) is 18.5. The first kappa shape index (κ1) is 18.7. The Kier molecular flexibility index (Phi) is 6.14. The van der Waals surface area contributed by atoms with E-state index < -0.39 is 17.8 Å². The zero-order valence-electron chi connectivity index (χ0n) is 15.5. The highest BCUT2D eigenvalue weighted by Crippen LogP contribution is 2.31. The molecule has 2 N–H and O–H groups in total. The predicted octanol–water partition coefficient (Wildman–Crippen LogP) is 2.66. The Hall–Kier alpha value is -2.08. The highest BCUT2D eigenvalue weighted by Gasteiger charge is 2.35. The molecule has 6 nitrogen and oxygen atoms in total. The smallest absolute Gasteiger partial charge is 0.307 e. The van der Waals surface area contributed by atoms with E-state index in [0.717, 1.165) is 51.3 Å². The van der Waals surface area contributed by atoms with Gasteiger partial charge in [0.2, 0.25) is 5.91 Å². The number of carboxylic acid groups (broad SMARTS) is 1. The average molecular weight is 359 g/mol. The number of anilines is 2. The van der Waals surface area contributed by atoms with Crippen LogP contribution in [0.25, 0.3) is 0 Å². The third-order valence-electron chi connectivity index (χ3n) is 5.74. The molecule has 1 aromatic carbocycles. The van der Waals surface area contributed by atoms with Crippen molar-refractivity contribution in [2.45, 2.75) is 32.6 Å². The molecule has 0 aromatic heterocycles. The van der Waals surface area contributed by atoms with Gasteiger partial charge in [-0.1, -0.05) is 19.8 Å². The van der Waals surface area contributed by atoms with Gasteiger partial charge in [0, 0.05) is 37.6 Å². The molecule has 1 heterocycles. The molecule has 0 unspecified atom stereocenters. The van der Waals surface area contributed by atoms with Crippen molar-refractivity contribution in [3.05, 3.63) is 24.3 Å². The van der Waals surface area contributed by atoms with Crippen LogP contribution in [0.15, 0.2) is 24.3 Å². The number of benzene rings is 1. The van der Waals surface area contributed by atoms with Crippen molar-refractivity contribution in [3.8, 4) is 0 Å². The number of likely N-dealkylation sites (N-methyl/N-ethyl adjacent to an activating group) is 1. The molecule has 0 bridgehead atoms. The Morgan fingerprint density at radius 1 is 1.04 bits per heavy atom. The lowest BCUT2D eigenvalue weighted by molar-refractivity contribution is -0.147. The average Bonchev–Trinajstić information content (AvgIpc) is 2.68. The van der Waals surface area contributed by atoms with Gasteiger partial charge >= 0.3 is 5.97 Å². The lowest BCUT2D eigenvalue weighted by atomic mass is 9.78. The summed E-state index contributed by atoms with van der Waals surface area (Å²) in [7, 11) is 0. The summed E-state index contributed by atoms with van der Waals surface area (Å²) >= 11 is 0. The van der Waals surface area contributed by atoms with Crippen LogP contribution in [0.4, 0.5) is 11.4 Å². The van der Waals surface area contributed by atoms with E-state index in [9.17, 15) is 14.7 Å². The van der Waals surface area contributed by atoms with Crippen LogP contribution in [0.1, 0.15) is 32.6 Å². The molecule has 1 amide bonds. The predicted molar refractivity (Wildman–Crippen MR) is 102 cm³/mol. The van der Waals surface area contributed by atoms with Crippen LogP contribution in [-0.2, 0) is 9.59 Å². The number of hydrogen-bond donors (Lipinski definition) is 2. The largest absolute Gasteiger partial charge is 0.481 e. The van der Waals surface area contributed by atoms with Crippen LogP contribution < -0.4 is 10.2 Å². The number of carbonyl (C=O) groups is 2. The lowest BCUT2D eigenvalue weighted by Gasteiger charge is -2.35. The van der Waals surface area contributed by atoms with Crippen molar-refractivity contribution in [2.75, 3.05) is 42.9 Å². The molecular formula is C20H29N3O3. The van der Waals surface area contributed by atoms with Gasteiger partial charge < -0.3 is 20.2 Å². The Bertz CT molecular complexity index is 624. The molecule has 1 aromatic rings. The van der Waals surface area contributed by atoms with Crippen molar-refractivity contribution in [3.63, 3.8) is 0 Å². The van der Waals surface area contributed by atoms with E-state index in [1.165, 1.54) is 5.69 Å². The topological polar surface area (TPSA) is 72.9 Å². The number of nitrogens with zero attached hydrogens (tertiary/aromatic N) is 2. The zero-order valence-corrected chi connectivity index (χ0v) is 15.5. The van der Waals surface area contributed by atoms with Gasteiger partial charge in [0.05, 0.1) is 11.8 Å². The molecule has 2 fully saturated rings. The fourth-order valence-corrected chi connectivity index (χ4v) is 4.05. The van der Waals surface area contributed by atoms with Gasteiger partial charge in [-0.05, 0) is 43.7 Å². The molecule has 0 spiro atoms. The Morgan fingerprint density at radius 3 is 2.23 bits per heavy atom. The summed E-state index contributed by atoms with van der Waals surface area (Å²) < 4.78 is 0. The van der Waals surface area contributed by atoms with Gasteiger partial charge in [0.25, 0.3) is 0 Å². The van der Waals surface area contributed by atoms with Crippen LogP contribution in [0.3, 0.4) is 0 Å². The quantitative estimate of drug-likeness (QED) is 0.846. The lowest BCUT2D eigenvalue weighted by Crippen LogP contribution is -2.46. The van der Waals surface area contributed by atoms with Crippen molar-refractivity contribution in [1.29, 1.82) is 0 Å². The Labute approximate surface area is 155 Å². The number of rotatable bonds is 5. The fraction of sp³-hybridized carbons (Fsp3) is 0.600. The fourth-order valence-electron chi connectivity index (χ4n) is 4.05. The summed E-state index contributed by atoms with van der Waals surface area (Å²) in [4.78, 5) is 28.7. The van der Waals surface area contributed by atoms with E-state index in [-0.39, 0.29) is 5.91 Å². The number of carbonyl (C=O) groups excluding carboxylic acids is 1. The van der Waals surface area contributed by atoms with Crippen LogP contribution in [0.2, 0.25) is 0 Å². The molecule has 26 heavy (non-hydrogen) atoms. The molecule has 1 aliphatic heterocycles. The SMILES string of the molecule is CCN1CCN(c2ccc(NC(=O)[C@H]3CCCC[C@H]3C(=O)O)cc2)CC1. The highest BCUT2D eigenvalue weighted by atomic mass is 16.4. The summed E-state index contributed by atoms with van der Waals surface area (Å²) in [6.45, 7) is 7.47. The van der Waals surface area contributed by atoms with E-state index in [1.807, 2.05) is 24.3 Å². The van der Waals surface area contributed by atoms with Gasteiger partial charge in [-0.15, -0.1) is 0 Å². The first-order valence-corrected chi connectivity index (χ1v) is 9.69. The van der Waals surface area contributed by atoms with Crippen molar-refractivity contribution in [1.82, 2.24) is 4.90 Å². The number of nitrogens with one attached hydrogen (secondary N) is 1. The van der Waals surface area contributed by atoms with Gasteiger partial charge in [-0.2, -0.15) is 0 Å². The standard InChI is InChI=1S/C20H29N3O3/c1-2-22-11-13-23(14-12-22)16-9-7-15(8-10-16)21-19(24)17-5-3-4-6-18(17)20(25)26/h7-10,17-18H,2-6,11-14H2,1H3,(H,21,24)(H,25,26)/t17-,18+/m0/s1. The minimum Gasteiger partial charge on any atom is -0.481 e. The Balaban J connectivity index is 1.58. The normalized spacial score (nSPS) is 24.3. The first-order chi connectivity index (χ1) is 12.6. The minimum absolute atomic E-state index is 0.165. The van der Waals surface area contributed by atoms with Crippen LogP contribution in [-0.4, -0.2) is 54.6 Å². The van der Waals surface area contributed by atoms with E-state index >= 15 is 0 Å². The molecule has 6 heteroatoms.